The molecule has 4 nitrogen and oxygen atoms in total. The summed E-state index contributed by atoms with van der Waals surface area (Å²) in [6.07, 6.45) is 0.432. The van der Waals surface area contributed by atoms with Gasteiger partial charge in [-0.25, -0.2) is 4.39 Å². The van der Waals surface area contributed by atoms with Crippen molar-refractivity contribution in [1.82, 2.24) is 0 Å². The van der Waals surface area contributed by atoms with Gasteiger partial charge in [0.15, 0.2) is 29.7 Å². The highest BCUT2D eigenvalue weighted by atomic mass is 19.1. The van der Waals surface area contributed by atoms with Crippen LogP contribution in [0.1, 0.15) is 34.1 Å². The quantitative estimate of drug-likeness (QED) is 0.731. The lowest BCUT2D eigenvalue weighted by Crippen LogP contribution is -2.12. The summed E-state index contributed by atoms with van der Waals surface area (Å²) in [6, 6.07) is 10.6. The SMILES string of the molecule is CCC(=O)c1ccc(OCC(=O)c2ccc(OC)c(F)c2)cc1. The van der Waals surface area contributed by atoms with Crippen LogP contribution in [0.4, 0.5) is 4.39 Å². The molecular formula is C18H17FO4. The number of carbonyl (C=O) groups is 2. The standard InChI is InChI=1S/C18H17FO4/c1-3-16(20)12-4-7-14(8-5-12)23-11-17(21)13-6-9-18(22-2)15(19)10-13/h4-10H,3,11H2,1-2H3. The first kappa shape index (κ1) is 16.7. The largest absolute Gasteiger partial charge is 0.494 e. The monoisotopic (exact) mass is 316 g/mol. The summed E-state index contributed by atoms with van der Waals surface area (Å²) in [6.45, 7) is 1.58. The van der Waals surface area contributed by atoms with Crippen LogP contribution in [0.3, 0.4) is 0 Å². The number of ketones is 2. The van der Waals surface area contributed by atoms with E-state index in [9.17, 15) is 14.0 Å². The summed E-state index contributed by atoms with van der Waals surface area (Å²) >= 11 is 0. The second-order valence-corrected chi connectivity index (χ2v) is 4.86. The van der Waals surface area contributed by atoms with Crippen LogP contribution in [0.2, 0.25) is 0 Å². The number of hydrogen-bond donors (Lipinski definition) is 0. The molecule has 0 heterocycles. The van der Waals surface area contributed by atoms with E-state index in [0.717, 1.165) is 6.07 Å². The average Bonchev–Trinajstić information content (AvgIpc) is 2.59. The molecule has 0 N–H and O–H groups in total. The maximum absolute atomic E-state index is 13.6. The van der Waals surface area contributed by atoms with Gasteiger partial charge in [-0.1, -0.05) is 6.92 Å². The van der Waals surface area contributed by atoms with Gasteiger partial charge in [0.05, 0.1) is 7.11 Å². The van der Waals surface area contributed by atoms with Crippen LogP contribution in [0.15, 0.2) is 42.5 Å². The molecule has 120 valence electrons. The molecule has 0 aromatic heterocycles. The van der Waals surface area contributed by atoms with E-state index >= 15 is 0 Å². The van der Waals surface area contributed by atoms with Gasteiger partial charge in [0.1, 0.15) is 5.75 Å². The predicted octanol–water partition coefficient (Wildman–Crippen LogP) is 3.69. The van der Waals surface area contributed by atoms with E-state index < -0.39 is 5.82 Å². The zero-order chi connectivity index (χ0) is 16.8. The third kappa shape index (κ3) is 4.16. The van der Waals surface area contributed by atoms with Crippen LogP contribution < -0.4 is 9.47 Å². The van der Waals surface area contributed by atoms with E-state index in [4.69, 9.17) is 9.47 Å². The zero-order valence-corrected chi connectivity index (χ0v) is 13.0. The molecule has 23 heavy (non-hydrogen) atoms. The Morgan fingerprint density at radius 2 is 1.65 bits per heavy atom. The number of halogens is 1. The van der Waals surface area contributed by atoms with Gasteiger partial charge in [0, 0.05) is 17.5 Å². The number of carbonyl (C=O) groups excluding carboxylic acids is 2. The summed E-state index contributed by atoms with van der Waals surface area (Å²) in [5.74, 6) is -0.346. The number of hydrogen-bond acceptors (Lipinski definition) is 4. The lowest BCUT2D eigenvalue weighted by atomic mass is 10.1. The molecule has 2 aromatic rings. The highest BCUT2D eigenvalue weighted by Gasteiger charge is 2.11. The minimum atomic E-state index is -0.596. The molecule has 0 saturated carbocycles. The third-order valence-electron chi connectivity index (χ3n) is 3.34. The number of Topliss-reactive ketones (excluding diaryl/α,β-unsaturated/α-hetero) is 2. The molecule has 0 saturated heterocycles. The van der Waals surface area contributed by atoms with Crippen molar-refractivity contribution in [3.8, 4) is 11.5 Å². The van der Waals surface area contributed by atoms with Gasteiger partial charge in [-0.15, -0.1) is 0 Å². The number of ether oxygens (including phenoxy) is 2. The fraction of sp³-hybridized carbons (Fsp3) is 0.222. The average molecular weight is 316 g/mol. The van der Waals surface area contributed by atoms with E-state index in [1.807, 2.05) is 0 Å². The summed E-state index contributed by atoms with van der Waals surface area (Å²) in [5, 5.41) is 0. The van der Waals surface area contributed by atoms with Crippen molar-refractivity contribution in [3.05, 3.63) is 59.4 Å². The normalized spacial score (nSPS) is 10.2. The van der Waals surface area contributed by atoms with E-state index in [2.05, 4.69) is 0 Å². The predicted molar refractivity (Wildman–Crippen MR) is 83.8 cm³/mol. The molecule has 0 amide bonds. The van der Waals surface area contributed by atoms with E-state index in [0.29, 0.717) is 17.7 Å². The minimum absolute atomic E-state index is 0.0429. The molecule has 2 rings (SSSR count). The van der Waals surface area contributed by atoms with Gasteiger partial charge >= 0.3 is 0 Å². The third-order valence-corrected chi connectivity index (χ3v) is 3.34. The highest BCUT2D eigenvalue weighted by Crippen LogP contribution is 2.19. The number of benzene rings is 2. The molecule has 0 unspecified atom stereocenters. The first-order valence-corrected chi connectivity index (χ1v) is 7.18. The molecular weight excluding hydrogens is 299 g/mol. The molecule has 0 radical (unpaired) electrons. The second-order valence-electron chi connectivity index (χ2n) is 4.86. The molecule has 0 spiro atoms. The van der Waals surface area contributed by atoms with Crippen LogP contribution in [0, 0.1) is 5.82 Å². The van der Waals surface area contributed by atoms with Crippen molar-refractivity contribution in [2.75, 3.05) is 13.7 Å². The van der Waals surface area contributed by atoms with Gasteiger partial charge in [-0.2, -0.15) is 0 Å². The Kier molecular flexibility index (Phi) is 5.46. The lowest BCUT2D eigenvalue weighted by molar-refractivity contribution is 0.0919. The summed E-state index contributed by atoms with van der Waals surface area (Å²) in [7, 11) is 1.36. The summed E-state index contributed by atoms with van der Waals surface area (Å²) in [4.78, 5) is 23.5. The Hall–Kier alpha value is -2.69. The van der Waals surface area contributed by atoms with Crippen LogP contribution in [0.5, 0.6) is 11.5 Å². The van der Waals surface area contributed by atoms with Crippen molar-refractivity contribution in [1.29, 1.82) is 0 Å². The Labute approximate surface area is 133 Å². The molecule has 5 heteroatoms. The Bertz CT molecular complexity index is 707. The molecule has 0 aliphatic rings. The van der Waals surface area contributed by atoms with E-state index in [-0.39, 0.29) is 29.5 Å². The molecule has 0 fully saturated rings. The van der Waals surface area contributed by atoms with Crippen LogP contribution >= 0.6 is 0 Å². The smallest absolute Gasteiger partial charge is 0.200 e. The van der Waals surface area contributed by atoms with Gasteiger partial charge < -0.3 is 9.47 Å². The minimum Gasteiger partial charge on any atom is -0.494 e. The Morgan fingerprint density at radius 3 is 2.22 bits per heavy atom. The van der Waals surface area contributed by atoms with Gasteiger partial charge in [0.25, 0.3) is 0 Å². The molecule has 0 aliphatic heterocycles. The van der Waals surface area contributed by atoms with E-state index in [1.165, 1.54) is 19.2 Å². The molecule has 0 atom stereocenters. The zero-order valence-electron chi connectivity index (χ0n) is 13.0. The molecule has 0 bridgehead atoms. The fourth-order valence-electron chi connectivity index (χ4n) is 2.01. The first-order chi connectivity index (χ1) is 11.0. The highest BCUT2D eigenvalue weighted by molar-refractivity contribution is 5.97. The fourth-order valence-corrected chi connectivity index (χ4v) is 2.01. The summed E-state index contributed by atoms with van der Waals surface area (Å²) in [5.41, 5.74) is 0.810. The van der Waals surface area contributed by atoms with Crippen molar-refractivity contribution < 1.29 is 23.5 Å². The second kappa shape index (κ2) is 7.54. The van der Waals surface area contributed by atoms with Crippen molar-refractivity contribution in [3.63, 3.8) is 0 Å². The van der Waals surface area contributed by atoms with Crippen molar-refractivity contribution in [2.45, 2.75) is 13.3 Å². The maximum atomic E-state index is 13.6. The Balaban J connectivity index is 1.99. The number of rotatable bonds is 7. The van der Waals surface area contributed by atoms with Crippen molar-refractivity contribution >= 4 is 11.6 Å². The number of methoxy groups -OCH3 is 1. The molecule has 2 aromatic carbocycles. The molecule has 0 aliphatic carbocycles. The maximum Gasteiger partial charge on any atom is 0.200 e. The van der Waals surface area contributed by atoms with E-state index in [1.54, 1.807) is 31.2 Å². The van der Waals surface area contributed by atoms with Crippen molar-refractivity contribution in [2.24, 2.45) is 0 Å². The van der Waals surface area contributed by atoms with Gasteiger partial charge in [-0.05, 0) is 42.5 Å². The first-order valence-electron chi connectivity index (χ1n) is 7.18. The van der Waals surface area contributed by atoms with Gasteiger partial charge in [0.2, 0.25) is 0 Å². The van der Waals surface area contributed by atoms with Crippen LogP contribution in [-0.2, 0) is 0 Å². The topological polar surface area (TPSA) is 52.6 Å². The van der Waals surface area contributed by atoms with Crippen LogP contribution in [0.25, 0.3) is 0 Å². The van der Waals surface area contributed by atoms with Crippen LogP contribution in [-0.4, -0.2) is 25.3 Å². The summed E-state index contributed by atoms with van der Waals surface area (Å²) < 4.78 is 23.8. The lowest BCUT2D eigenvalue weighted by Gasteiger charge is -2.07. The Morgan fingerprint density at radius 1 is 1.00 bits per heavy atom. The van der Waals surface area contributed by atoms with Gasteiger partial charge in [-0.3, -0.25) is 9.59 Å².